The van der Waals surface area contributed by atoms with E-state index >= 15 is 0 Å². The van der Waals surface area contributed by atoms with Crippen molar-refractivity contribution < 1.29 is 23.0 Å². The zero-order chi connectivity index (χ0) is 23.8. The fraction of sp³-hybridized carbons (Fsp3) is 0.400. The van der Waals surface area contributed by atoms with Gasteiger partial charge in [0.25, 0.3) is 6.43 Å². The predicted octanol–water partition coefficient (Wildman–Crippen LogP) is 5.59. The van der Waals surface area contributed by atoms with E-state index in [0.29, 0.717) is 37.2 Å². The summed E-state index contributed by atoms with van der Waals surface area (Å²) in [7, 11) is 1.61. The number of methoxy groups -OCH3 is 1. The van der Waals surface area contributed by atoms with Crippen LogP contribution in [0.15, 0.2) is 36.4 Å². The van der Waals surface area contributed by atoms with Crippen LogP contribution >= 0.6 is 0 Å². The summed E-state index contributed by atoms with van der Waals surface area (Å²) in [6.07, 6.45) is -1.58. The normalized spacial score (nSPS) is 15.8. The molecule has 0 amide bonds. The molecule has 8 heteroatoms. The first kappa shape index (κ1) is 23.2. The van der Waals surface area contributed by atoms with E-state index in [1.54, 1.807) is 7.11 Å². The molecule has 2 heterocycles. The highest BCUT2D eigenvalue weighted by Gasteiger charge is 2.29. The molecule has 1 aliphatic heterocycles. The van der Waals surface area contributed by atoms with Crippen LogP contribution in [0.5, 0.6) is 5.75 Å². The van der Waals surface area contributed by atoms with Crippen molar-refractivity contribution in [2.24, 2.45) is 0 Å². The molecule has 5 nitrogen and oxygen atoms in total. The quantitative estimate of drug-likeness (QED) is 0.503. The smallest absolute Gasteiger partial charge is 0.266 e. The maximum absolute atomic E-state index is 14.5. The van der Waals surface area contributed by atoms with Crippen LogP contribution in [0.1, 0.15) is 43.0 Å². The number of rotatable bonds is 6. The summed E-state index contributed by atoms with van der Waals surface area (Å²) in [4.78, 5) is 6.78. The Bertz CT molecular complexity index is 1160. The van der Waals surface area contributed by atoms with Gasteiger partial charge in [0.05, 0.1) is 29.5 Å². The number of piperidine rings is 1. The van der Waals surface area contributed by atoms with E-state index in [2.05, 4.69) is 15.2 Å². The second-order valence-corrected chi connectivity index (χ2v) is 8.81. The standard InChI is InChI=1S/C25H28F3N3O2/c1-15-11-19(29-14-16-5-4-6-17(23(16)26)24(27)28)18-12-21(22(33-3)13-20(18)30-15)31-9-7-25(2,32)8-10-31/h4-6,11-13,24,32H,7-10,14H2,1-3H3,(H,29,30). The maximum atomic E-state index is 14.5. The van der Waals surface area contributed by atoms with Gasteiger partial charge in [0.15, 0.2) is 0 Å². The third-order valence-electron chi connectivity index (χ3n) is 6.23. The summed E-state index contributed by atoms with van der Waals surface area (Å²) < 4.78 is 46.3. The number of hydrogen-bond donors (Lipinski definition) is 2. The molecule has 33 heavy (non-hydrogen) atoms. The van der Waals surface area contributed by atoms with E-state index < -0.39 is 23.4 Å². The molecule has 0 aliphatic carbocycles. The second-order valence-electron chi connectivity index (χ2n) is 8.81. The molecule has 0 saturated carbocycles. The summed E-state index contributed by atoms with van der Waals surface area (Å²) in [5, 5.41) is 14.3. The summed E-state index contributed by atoms with van der Waals surface area (Å²) in [6, 6.07) is 9.74. The number of fused-ring (bicyclic) bond motifs is 1. The van der Waals surface area contributed by atoms with Crippen LogP contribution in [0.2, 0.25) is 0 Å². The number of pyridine rings is 1. The summed E-state index contributed by atoms with van der Waals surface area (Å²) >= 11 is 0. The number of alkyl halides is 2. The van der Waals surface area contributed by atoms with Gasteiger partial charge < -0.3 is 20.1 Å². The summed E-state index contributed by atoms with van der Waals surface area (Å²) in [6.45, 7) is 5.12. The van der Waals surface area contributed by atoms with E-state index in [1.807, 2.05) is 32.0 Å². The third-order valence-corrected chi connectivity index (χ3v) is 6.23. The van der Waals surface area contributed by atoms with Crippen LogP contribution in [-0.4, -0.2) is 35.9 Å². The molecule has 176 valence electrons. The molecule has 1 aliphatic rings. The van der Waals surface area contributed by atoms with Crippen LogP contribution in [-0.2, 0) is 6.54 Å². The lowest BCUT2D eigenvalue weighted by atomic mass is 9.93. The molecule has 0 spiro atoms. The van der Waals surface area contributed by atoms with E-state index in [9.17, 15) is 18.3 Å². The Hall–Kier alpha value is -3.00. The highest BCUT2D eigenvalue weighted by atomic mass is 19.3. The van der Waals surface area contributed by atoms with Gasteiger partial charge in [-0.25, -0.2) is 13.2 Å². The number of aryl methyl sites for hydroxylation is 1. The largest absolute Gasteiger partial charge is 0.495 e. The van der Waals surface area contributed by atoms with Gasteiger partial charge in [-0.3, -0.25) is 4.98 Å². The van der Waals surface area contributed by atoms with Crippen molar-refractivity contribution >= 4 is 22.3 Å². The predicted molar refractivity (Wildman–Crippen MR) is 124 cm³/mol. The first-order valence-electron chi connectivity index (χ1n) is 10.9. The number of anilines is 2. The number of nitrogens with zero attached hydrogens (tertiary/aromatic N) is 2. The van der Waals surface area contributed by atoms with Crippen molar-refractivity contribution in [3.63, 3.8) is 0 Å². The number of aromatic nitrogens is 1. The van der Waals surface area contributed by atoms with Gasteiger partial charge in [-0.1, -0.05) is 18.2 Å². The Morgan fingerprint density at radius 2 is 1.94 bits per heavy atom. The van der Waals surface area contributed by atoms with Crippen LogP contribution in [0.25, 0.3) is 10.9 Å². The second kappa shape index (κ2) is 9.09. The molecule has 2 aromatic carbocycles. The fourth-order valence-electron chi connectivity index (χ4n) is 4.26. The molecule has 3 aromatic rings. The van der Waals surface area contributed by atoms with Gasteiger partial charge in [0, 0.05) is 48.0 Å². The Balaban J connectivity index is 1.69. The number of halogens is 3. The molecule has 1 saturated heterocycles. The highest BCUT2D eigenvalue weighted by Crippen LogP contribution is 2.38. The zero-order valence-electron chi connectivity index (χ0n) is 19.0. The average Bonchev–Trinajstić information content (AvgIpc) is 2.77. The minimum atomic E-state index is -2.87. The molecule has 0 radical (unpaired) electrons. The van der Waals surface area contributed by atoms with Gasteiger partial charge >= 0.3 is 0 Å². The van der Waals surface area contributed by atoms with Gasteiger partial charge in [0.2, 0.25) is 0 Å². The first-order valence-corrected chi connectivity index (χ1v) is 10.9. The Morgan fingerprint density at radius 1 is 1.21 bits per heavy atom. The number of nitrogens with one attached hydrogen (secondary N) is 1. The van der Waals surface area contributed by atoms with Crippen molar-refractivity contribution in [2.75, 3.05) is 30.4 Å². The van der Waals surface area contributed by atoms with Crippen LogP contribution in [0.4, 0.5) is 24.5 Å². The molecule has 1 aromatic heterocycles. The van der Waals surface area contributed by atoms with Crippen LogP contribution < -0.4 is 15.0 Å². The number of benzene rings is 2. The highest BCUT2D eigenvalue weighted by molar-refractivity contribution is 5.96. The molecule has 0 bridgehead atoms. The topological polar surface area (TPSA) is 57.6 Å². The SMILES string of the molecule is COc1cc2nc(C)cc(NCc3cccc(C(F)F)c3F)c2cc1N1CCC(C)(O)CC1. The lowest BCUT2D eigenvalue weighted by Gasteiger charge is -2.37. The van der Waals surface area contributed by atoms with E-state index in [0.717, 1.165) is 28.5 Å². The van der Waals surface area contributed by atoms with E-state index in [-0.39, 0.29) is 12.1 Å². The molecule has 1 fully saturated rings. The van der Waals surface area contributed by atoms with Crippen molar-refractivity contribution in [1.82, 2.24) is 4.98 Å². The lowest BCUT2D eigenvalue weighted by Crippen LogP contribution is -2.42. The first-order chi connectivity index (χ1) is 15.7. The van der Waals surface area contributed by atoms with E-state index in [1.165, 1.54) is 12.1 Å². The lowest BCUT2D eigenvalue weighted by molar-refractivity contribution is 0.0350. The molecule has 0 unspecified atom stereocenters. The minimum absolute atomic E-state index is 0.0545. The zero-order valence-corrected chi connectivity index (χ0v) is 19.0. The molecule has 2 N–H and O–H groups in total. The Kier molecular flexibility index (Phi) is 6.38. The summed E-state index contributed by atoms with van der Waals surface area (Å²) in [5.74, 6) is -0.207. The van der Waals surface area contributed by atoms with Crippen molar-refractivity contribution in [3.8, 4) is 5.75 Å². The Labute approximate surface area is 191 Å². The van der Waals surface area contributed by atoms with Crippen molar-refractivity contribution in [2.45, 2.75) is 45.3 Å². The number of aliphatic hydroxyl groups is 1. The number of hydrogen-bond acceptors (Lipinski definition) is 5. The van der Waals surface area contributed by atoms with E-state index in [4.69, 9.17) is 4.74 Å². The number of ether oxygens (including phenoxy) is 1. The van der Waals surface area contributed by atoms with Gasteiger partial charge in [-0.05, 0) is 38.8 Å². The van der Waals surface area contributed by atoms with Crippen LogP contribution in [0, 0.1) is 12.7 Å². The fourth-order valence-corrected chi connectivity index (χ4v) is 4.26. The van der Waals surface area contributed by atoms with Gasteiger partial charge in [-0.2, -0.15) is 0 Å². The van der Waals surface area contributed by atoms with Crippen molar-refractivity contribution in [3.05, 3.63) is 59.0 Å². The molecule has 4 rings (SSSR count). The Morgan fingerprint density at radius 3 is 2.61 bits per heavy atom. The molecular weight excluding hydrogens is 431 g/mol. The van der Waals surface area contributed by atoms with Crippen molar-refractivity contribution in [1.29, 1.82) is 0 Å². The van der Waals surface area contributed by atoms with Crippen LogP contribution in [0.3, 0.4) is 0 Å². The summed E-state index contributed by atoms with van der Waals surface area (Å²) in [5.41, 5.74) is 1.98. The average molecular weight is 460 g/mol. The minimum Gasteiger partial charge on any atom is -0.495 e. The monoisotopic (exact) mass is 459 g/mol. The molecular formula is C25H28F3N3O2. The third kappa shape index (κ3) is 4.85. The molecule has 0 atom stereocenters. The van der Waals surface area contributed by atoms with Gasteiger partial charge in [0.1, 0.15) is 11.6 Å². The maximum Gasteiger partial charge on any atom is 0.266 e. The van der Waals surface area contributed by atoms with Gasteiger partial charge in [-0.15, -0.1) is 0 Å².